The van der Waals surface area contributed by atoms with E-state index in [1.54, 1.807) is 18.2 Å². The zero-order chi connectivity index (χ0) is 20.0. The van der Waals surface area contributed by atoms with Crippen molar-refractivity contribution in [2.75, 3.05) is 5.32 Å². The zero-order valence-corrected chi connectivity index (χ0v) is 17.0. The lowest BCUT2D eigenvalue weighted by Crippen LogP contribution is -2.24. The average Bonchev–Trinajstić information content (AvgIpc) is 2.61. The first-order chi connectivity index (χ1) is 12.8. The Balaban J connectivity index is 1.83. The summed E-state index contributed by atoms with van der Waals surface area (Å²) in [5.41, 5.74) is 6.01. The molecule has 2 amide bonds. The predicted octanol–water partition coefficient (Wildman–Crippen LogP) is 5.12. The Bertz CT molecular complexity index is 815. The molecule has 0 heterocycles. The third-order valence-electron chi connectivity index (χ3n) is 4.40. The van der Waals surface area contributed by atoms with Crippen LogP contribution >= 0.6 is 23.2 Å². The van der Waals surface area contributed by atoms with Crippen LogP contribution in [0.25, 0.3) is 0 Å². The smallest absolute Gasteiger partial charge is 0.240 e. The fraction of sp³-hybridized carbons (Fsp3) is 0.350. The summed E-state index contributed by atoms with van der Waals surface area (Å²) in [5.74, 6) is -0.275. The fourth-order valence-corrected chi connectivity index (χ4v) is 3.10. The van der Waals surface area contributed by atoms with E-state index >= 15 is 0 Å². The second kappa shape index (κ2) is 9.72. The Kier molecular flexibility index (Phi) is 7.63. The van der Waals surface area contributed by atoms with Crippen LogP contribution in [0.5, 0.6) is 0 Å². The van der Waals surface area contributed by atoms with Gasteiger partial charge in [-0.1, -0.05) is 41.4 Å². The largest absolute Gasteiger partial charge is 0.325 e. The molecule has 2 N–H and O–H groups in total. The van der Waals surface area contributed by atoms with Crippen molar-refractivity contribution in [2.24, 2.45) is 11.0 Å². The summed E-state index contributed by atoms with van der Waals surface area (Å²) in [4.78, 5) is 24.0. The second-order valence-electron chi connectivity index (χ2n) is 6.64. The zero-order valence-electron chi connectivity index (χ0n) is 15.4. The molecule has 0 fully saturated rings. The number of amides is 2. The molecule has 0 aliphatic heterocycles. The Hall–Kier alpha value is -2.11. The lowest BCUT2D eigenvalue weighted by atomic mass is 9.85. The normalized spacial score (nSPS) is 18.0. The van der Waals surface area contributed by atoms with E-state index < -0.39 is 0 Å². The van der Waals surface area contributed by atoms with Crippen molar-refractivity contribution in [1.29, 1.82) is 0 Å². The summed E-state index contributed by atoms with van der Waals surface area (Å²) in [5, 5.41) is 7.71. The molecule has 1 aromatic rings. The molecular weight excluding hydrogens is 385 g/mol. The van der Waals surface area contributed by atoms with E-state index in [-0.39, 0.29) is 24.7 Å². The van der Waals surface area contributed by atoms with Crippen molar-refractivity contribution >= 4 is 46.4 Å². The molecule has 144 valence electrons. The summed E-state index contributed by atoms with van der Waals surface area (Å²) in [6, 6.07) is 4.79. The van der Waals surface area contributed by atoms with Crippen molar-refractivity contribution < 1.29 is 9.59 Å². The van der Waals surface area contributed by atoms with Gasteiger partial charge in [0, 0.05) is 17.9 Å². The molecule has 1 unspecified atom stereocenters. The maximum absolute atomic E-state index is 12.0. The highest BCUT2D eigenvalue weighted by Crippen LogP contribution is 2.27. The van der Waals surface area contributed by atoms with Crippen LogP contribution in [0.15, 0.2) is 47.1 Å². The van der Waals surface area contributed by atoms with E-state index in [1.807, 2.05) is 13.8 Å². The van der Waals surface area contributed by atoms with Crippen molar-refractivity contribution in [2.45, 2.75) is 39.5 Å². The second-order valence-corrected chi connectivity index (χ2v) is 7.48. The third-order valence-corrected chi connectivity index (χ3v) is 4.95. The van der Waals surface area contributed by atoms with Gasteiger partial charge in [0.2, 0.25) is 11.8 Å². The first-order valence-electron chi connectivity index (χ1n) is 8.69. The lowest BCUT2D eigenvalue weighted by Gasteiger charge is -2.22. The Labute approximate surface area is 169 Å². The molecule has 0 aromatic heterocycles. The van der Waals surface area contributed by atoms with Gasteiger partial charge in [-0.2, -0.15) is 5.10 Å². The van der Waals surface area contributed by atoms with Crippen LogP contribution in [-0.4, -0.2) is 17.5 Å². The van der Waals surface area contributed by atoms with Gasteiger partial charge in [-0.3, -0.25) is 9.59 Å². The number of carbonyl (C=O) groups excluding carboxylic acids is 2. The molecule has 0 bridgehead atoms. The molecule has 1 atom stereocenters. The summed E-state index contributed by atoms with van der Waals surface area (Å²) >= 11 is 11.8. The van der Waals surface area contributed by atoms with Gasteiger partial charge < -0.3 is 5.32 Å². The lowest BCUT2D eigenvalue weighted by molar-refractivity contribution is -0.124. The maximum Gasteiger partial charge on any atom is 0.240 e. The number of benzene rings is 1. The number of carbonyl (C=O) groups is 2. The summed E-state index contributed by atoms with van der Waals surface area (Å²) < 4.78 is 0. The van der Waals surface area contributed by atoms with E-state index in [4.69, 9.17) is 23.2 Å². The highest BCUT2D eigenvalue weighted by atomic mass is 35.5. The number of nitrogens with one attached hydrogen (secondary N) is 2. The first kappa shape index (κ1) is 21.2. The fourth-order valence-electron chi connectivity index (χ4n) is 2.64. The number of nitrogens with zero attached hydrogens (tertiary/aromatic N) is 1. The van der Waals surface area contributed by atoms with Crippen LogP contribution < -0.4 is 10.7 Å². The molecule has 0 saturated heterocycles. The van der Waals surface area contributed by atoms with Gasteiger partial charge in [0.05, 0.1) is 16.4 Å². The molecule has 7 heteroatoms. The van der Waals surface area contributed by atoms with Crippen molar-refractivity contribution in [3.8, 4) is 0 Å². The summed E-state index contributed by atoms with van der Waals surface area (Å²) in [7, 11) is 0. The van der Waals surface area contributed by atoms with Crippen molar-refractivity contribution in [3.05, 3.63) is 52.0 Å². The number of hydrogen-bond acceptors (Lipinski definition) is 3. The molecule has 0 radical (unpaired) electrons. The van der Waals surface area contributed by atoms with E-state index in [9.17, 15) is 9.59 Å². The van der Waals surface area contributed by atoms with Gasteiger partial charge in [-0.15, -0.1) is 0 Å². The van der Waals surface area contributed by atoms with Gasteiger partial charge in [-0.05, 0) is 56.4 Å². The topological polar surface area (TPSA) is 70.6 Å². The number of hydrazone groups is 1. The number of allylic oxidation sites excluding steroid dienone is 3. The molecule has 1 aromatic carbocycles. The average molecular weight is 408 g/mol. The number of halogens is 2. The van der Waals surface area contributed by atoms with Crippen LogP contribution in [0, 0.1) is 5.92 Å². The van der Waals surface area contributed by atoms with E-state index in [0.717, 1.165) is 29.7 Å². The number of hydrogen-bond donors (Lipinski definition) is 2. The highest BCUT2D eigenvalue weighted by molar-refractivity contribution is 6.36. The first-order valence-corrected chi connectivity index (χ1v) is 9.44. The van der Waals surface area contributed by atoms with Gasteiger partial charge in [0.15, 0.2) is 0 Å². The van der Waals surface area contributed by atoms with Crippen LogP contribution in [-0.2, 0) is 9.59 Å². The molecule has 0 spiro atoms. The Morgan fingerprint density at radius 3 is 2.63 bits per heavy atom. The quantitative estimate of drug-likeness (QED) is 0.507. The molecule has 0 saturated carbocycles. The van der Waals surface area contributed by atoms with Gasteiger partial charge in [-0.25, -0.2) is 5.43 Å². The predicted molar refractivity (Wildman–Crippen MR) is 111 cm³/mol. The van der Waals surface area contributed by atoms with Crippen molar-refractivity contribution in [1.82, 2.24) is 5.43 Å². The molecule has 2 rings (SSSR count). The maximum atomic E-state index is 12.0. The standard InChI is InChI=1S/C20H23Cl2N3O2/c1-12(2)14-5-4-13(3)18(10-14)24-25-20(27)9-8-19(26)23-17-7-6-15(21)11-16(17)22/h4,6-7,11,14H,1,5,8-10H2,2-3H3,(H,23,26)(H,25,27)/b24-18-. The molecule has 27 heavy (non-hydrogen) atoms. The Morgan fingerprint density at radius 1 is 1.26 bits per heavy atom. The van der Waals surface area contributed by atoms with Crippen LogP contribution in [0.1, 0.15) is 39.5 Å². The monoisotopic (exact) mass is 407 g/mol. The van der Waals surface area contributed by atoms with Crippen molar-refractivity contribution in [3.63, 3.8) is 0 Å². The van der Waals surface area contributed by atoms with Gasteiger partial charge in [0.1, 0.15) is 0 Å². The minimum Gasteiger partial charge on any atom is -0.325 e. The summed E-state index contributed by atoms with van der Waals surface area (Å²) in [6.45, 7) is 7.97. The highest BCUT2D eigenvalue weighted by Gasteiger charge is 2.19. The number of rotatable bonds is 6. The molecule has 5 nitrogen and oxygen atoms in total. The van der Waals surface area contributed by atoms with Crippen LogP contribution in [0.3, 0.4) is 0 Å². The molecule has 1 aliphatic rings. The summed E-state index contributed by atoms with van der Waals surface area (Å²) in [6.07, 6.45) is 3.87. The third kappa shape index (κ3) is 6.52. The van der Waals surface area contributed by atoms with Gasteiger partial charge in [0.25, 0.3) is 0 Å². The van der Waals surface area contributed by atoms with Crippen LogP contribution in [0.2, 0.25) is 10.0 Å². The number of anilines is 1. The van der Waals surface area contributed by atoms with Gasteiger partial charge >= 0.3 is 0 Å². The van der Waals surface area contributed by atoms with E-state index in [0.29, 0.717) is 21.7 Å². The molecule has 1 aliphatic carbocycles. The minimum absolute atomic E-state index is 0.0266. The van der Waals surface area contributed by atoms with Crippen LogP contribution in [0.4, 0.5) is 5.69 Å². The molecular formula is C20H23Cl2N3O2. The SMILES string of the molecule is C=C(C)C1CC=C(C)/C(=N\NC(=O)CCC(=O)Nc2ccc(Cl)cc2Cl)C1. The Morgan fingerprint density at radius 2 is 1.96 bits per heavy atom. The minimum atomic E-state index is -0.315. The van der Waals surface area contributed by atoms with E-state index in [2.05, 4.69) is 28.5 Å². The van der Waals surface area contributed by atoms with E-state index in [1.165, 1.54) is 0 Å².